The minimum atomic E-state index is -0.561. The van der Waals surface area contributed by atoms with E-state index in [4.69, 9.17) is 16.9 Å². The maximum atomic E-state index is 12.5. The first-order chi connectivity index (χ1) is 11.3. The van der Waals surface area contributed by atoms with Crippen LogP contribution < -0.4 is 10.2 Å². The molecule has 0 aliphatic carbocycles. The number of benzene rings is 2. The number of amides is 1. The van der Waals surface area contributed by atoms with Crippen molar-refractivity contribution in [3.8, 4) is 6.07 Å². The number of carbonyl (C=O) groups is 1. The van der Waals surface area contributed by atoms with Crippen LogP contribution in [0.15, 0.2) is 36.4 Å². The number of hydrogen-bond acceptors (Lipinski definition) is 5. The van der Waals surface area contributed by atoms with Crippen LogP contribution in [-0.2, 0) is 0 Å². The molecule has 0 radical (unpaired) electrons. The minimum Gasteiger partial charge on any atom is -0.377 e. The lowest BCUT2D eigenvalue weighted by Gasteiger charge is -2.17. The number of carbonyl (C=O) groups excluding carboxylic acids is 1. The summed E-state index contributed by atoms with van der Waals surface area (Å²) >= 11 is 5.94. The van der Waals surface area contributed by atoms with Gasteiger partial charge in [0.25, 0.3) is 11.6 Å². The van der Waals surface area contributed by atoms with Crippen LogP contribution in [0.1, 0.15) is 15.9 Å². The van der Waals surface area contributed by atoms with Crippen molar-refractivity contribution in [2.45, 2.75) is 0 Å². The smallest absolute Gasteiger partial charge is 0.270 e. The molecule has 122 valence electrons. The molecule has 0 aliphatic heterocycles. The predicted molar refractivity (Wildman–Crippen MR) is 91.5 cm³/mol. The molecule has 1 N–H and O–H groups in total. The Morgan fingerprint density at radius 1 is 1.29 bits per heavy atom. The van der Waals surface area contributed by atoms with Gasteiger partial charge in [0.1, 0.15) is 6.07 Å². The van der Waals surface area contributed by atoms with Gasteiger partial charge in [-0.1, -0.05) is 11.6 Å². The third kappa shape index (κ3) is 3.62. The summed E-state index contributed by atoms with van der Waals surface area (Å²) in [7, 11) is 3.47. The Morgan fingerprint density at radius 2 is 2.00 bits per heavy atom. The number of non-ortho nitro benzene ring substituents is 1. The third-order valence-corrected chi connectivity index (χ3v) is 3.58. The average Bonchev–Trinajstić information content (AvgIpc) is 2.54. The van der Waals surface area contributed by atoms with E-state index in [1.165, 1.54) is 36.4 Å². The zero-order chi connectivity index (χ0) is 17.9. The van der Waals surface area contributed by atoms with E-state index in [-0.39, 0.29) is 16.3 Å². The molecule has 2 aromatic rings. The van der Waals surface area contributed by atoms with Crippen molar-refractivity contribution < 1.29 is 9.72 Å². The van der Waals surface area contributed by atoms with Gasteiger partial charge in [-0.15, -0.1) is 0 Å². The molecule has 0 atom stereocenters. The van der Waals surface area contributed by atoms with Crippen molar-refractivity contribution in [1.29, 1.82) is 5.26 Å². The number of nitrogens with zero attached hydrogens (tertiary/aromatic N) is 3. The highest BCUT2D eigenvalue weighted by Gasteiger charge is 2.18. The summed E-state index contributed by atoms with van der Waals surface area (Å²) in [5.74, 6) is -0.511. The fraction of sp³-hybridized carbons (Fsp3) is 0.125. The van der Waals surface area contributed by atoms with E-state index in [9.17, 15) is 14.9 Å². The molecule has 0 aliphatic rings. The second kappa shape index (κ2) is 6.98. The Labute approximate surface area is 143 Å². The Morgan fingerprint density at radius 3 is 2.54 bits per heavy atom. The molecule has 0 bridgehead atoms. The van der Waals surface area contributed by atoms with Crippen molar-refractivity contribution in [1.82, 2.24) is 0 Å². The lowest BCUT2D eigenvalue weighted by atomic mass is 10.1. The van der Waals surface area contributed by atoms with E-state index in [0.717, 1.165) is 0 Å². The van der Waals surface area contributed by atoms with Crippen molar-refractivity contribution >= 4 is 34.6 Å². The van der Waals surface area contributed by atoms with Crippen molar-refractivity contribution in [3.05, 3.63) is 62.7 Å². The second-order valence-corrected chi connectivity index (χ2v) is 5.52. The molecule has 1 amide bonds. The molecule has 0 saturated carbocycles. The number of halogens is 1. The molecule has 0 heterocycles. The van der Waals surface area contributed by atoms with Gasteiger partial charge in [-0.25, -0.2) is 0 Å². The van der Waals surface area contributed by atoms with Gasteiger partial charge in [-0.3, -0.25) is 14.9 Å². The van der Waals surface area contributed by atoms with Crippen LogP contribution in [0.3, 0.4) is 0 Å². The molecular weight excluding hydrogens is 332 g/mol. The van der Waals surface area contributed by atoms with Crippen LogP contribution in [0.4, 0.5) is 17.1 Å². The molecule has 0 saturated heterocycles. The predicted octanol–water partition coefficient (Wildman–Crippen LogP) is 3.44. The van der Waals surface area contributed by atoms with Crippen LogP contribution >= 0.6 is 11.6 Å². The van der Waals surface area contributed by atoms with E-state index in [2.05, 4.69) is 5.32 Å². The normalized spacial score (nSPS) is 9.92. The molecule has 0 aromatic heterocycles. The highest BCUT2D eigenvalue weighted by atomic mass is 35.5. The van der Waals surface area contributed by atoms with Gasteiger partial charge in [0, 0.05) is 37.6 Å². The molecule has 24 heavy (non-hydrogen) atoms. The van der Waals surface area contributed by atoms with Gasteiger partial charge in [-0.2, -0.15) is 5.26 Å². The number of hydrogen-bond donors (Lipinski definition) is 1. The molecule has 8 heteroatoms. The van der Waals surface area contributed by atoms with Crippen LogP contribution in [0, 0.1) is 21.4 Å². The maximum Gasteiger partial charge on any atom is 0.270 e. The van der Waals surface area contributed by atoms with E-state index in [1.54, 1.807) is 19.0 Å². The summed E-state index contributed by atoms with van der Waals surface area (Å²) in [6, 6.07) is 10.5. The fourth-order valence-electron chi connectivity index (χ4n) is 2.09. The number of nitro benzene ring substituents is 1. The Hall–Kier alpha value is -3.11. The zero-order valence-electron chi connectivity index (χ0n) is 12.9. The third-order valence-electron chi connectivity index (χ3n) is 3.26. The Balaban J connectivity index is 2.38. The fourth-order valence-corrected chi connectivity index (χ4v) is 2.31. The first-order valence-electron chi connectivity index (χ1n) is 6.80. The summed E-state index contributed by atoms with van der Waals surface area (Å²) in [4.78, 5) is 24.6. The van der Waals surface area contributed by atoms with Crippen LogP contribution in [0.25, 0.3) is 0 Å². The molecular formula is C16H13ClN4O3. The van der Waals surface area contributed by atoms with Crippen LogP contribution in [-0.4, -0.2) is 24.9 Å². The Bertz CT molecular complexity index is 859. The quantitative estimate of drug-likeness (QED) is 0.676. The summed E-state index contributed by atoms with van der Waals surface area (Å²) in [5, 5.41) is 22.6. The van der Waals surface area contributed by atoms with Crippen LogP contribution in [0.5, 0.6) is 0 Å². The van der Waals surface area contributed by atoms with E-state index in [0.29, 0.717) is 16.9 Å². The first-order valence-corrected chi connectivity index (χ1v) is 7.18. The zero-order valence-corrected chi connectivity index (χ0v) is 13.7. The molecule has 0 fully saturated rings. The lowest BCUT2D eigenvalue weighted by Crippen LogP contribution is -2.18. The van der Waals surface area contributed by atoms with Gasteiger partial charge >= 0.3 is 0 Å². The first kappa shape index (κ1) is 17.2. The largest absolute Gasteiger partial charge is 0.377 e. The average molecular weight is 345 g/mol. The number of nitro groups is 1. The van der Waals surface area contributed by atoms with Crippen LogP contribution in [0.2, 0.25) is 5.02 Å². The van der Waals surface area contributed by atoms with E-state index < -0.39 is 10.8 Å². The van der Waals surface area contributed by atoms with Crippen molar-refractivity contribution in [2.24, 2.45) is 0 Å². The van der Waals surface area contributed by atoms with Gasteiger partial charge in [0.2, 0.25) is 0 Å². The maximum absolute atomic E-state index is 12.5. The van der Waals surface area contributed by atoms with Gasteiger partial charge in [0.05, 0.1) is 21.1 Å². The van der Waals surface area contributed by atoms with Crippen molar-refractivity contribution in [2.75, 3.05) is 24.3 Å². The number of nitriles is 1. The number of rotatable bonds is 4. The van der Waals surface area contributed by atoms with E-state index >= 15 is 0 Å². The number of nitrogens with one attached hydrogen (secondary N) is 1. The Kier molecular flexibility index (Phi) is 5.02. The molecule has 2 rings (SSSR count). The van der Waals surface area contributed by atoms with Gasteiger partial charge < -0.3 is 10.2 Å². The SMILES string of the molecule is CN(C)c1ccc([N+](=O)[O-])cc1C(=O)Nc1ccc(C#N)c(Cl)c1. The summed E-state index contributed by atoms with van der Waals surface area (Å²) in [6.45, 7) is 0. The van der Waals surface area contributed by atoms with Gasteiger partial charge in [-0.05, 0) is 24.3 Å². The summed E-state index contributed by atoms with van der Waals surface area (Å²) < 4.78 is 0. The standard InChI is InChI=1S/C16H13ClN4O3/c1-20(2)15-6-5-12(21(23)24)8-13(15)16(22)19-11-4-3-10(9-18)14(17)7-11/h3-8H,1-2H3,(H,19,22). The molecule has 0 spiro atoms. The molecule has 7 nitrogen and oxygen atoms in total. The molecule has 0 unspecified atom stereocenters. The highest BCUT2D eigenvalue weighted by Crippen LogP contribution is 2.26. The summed E-state index contributed by atoms with van der Waals surface area (Å²) in [6.07, 6.45) is 0. The van der Waals surface area contributed by atoms with E-state index in [1.807, 2.05) is 6.07 Å². The topological polar surface area (TPSA) is 99.3 Å². The summed E-state index contributed by atoms with van der Waals surface area (Å²) in [5.41, 5.74) is 1.20. The van der Waals surface area contributed by atoms with Gasteiger partial charge in [0.15, 0.2) is 0 Å². The monoisotopic (exact) mass is 344 g/mol. The highest BCUT2D eigenvalue weighted by molar-refractivity contribution is 6.32. The second-order valence-electron chi connectivity index (χ2n) is 5.11. The number of anilines is 2. The minimum absolute atomic E-state index is 0.162. The van der Waals surface area contributed by atoms with Crippen molar-refractivity contribution in [3.63, 3.8) is 0 Å². The lowest BCUT2D eigenvalue weighted by molar-refractivity contribution is -0.384. The molecule has 2 aromatic carbocycles.